The van der Waals surface area contributed by atoms with E-state index in [1.54, 1.807) is 12.1 Å². The second-order valence-electron chi connectivity index (χ2n) is 5.40. The van der Waals surface area contributed by atoms with Crippen LogP contribution in [-0.4, -0.2) is 37.5 Å². The van der Waals surface area contributed by atoms with E-state index in [4.69, 9.17) is 0 Å². The number of amides is 1. The zero-order chi connectivity index (χ0) is 16.3. The third kappa shape index (κ3) is 3.80. The Kier molecular flexibility index (Phi) is 4.79. The van der Waals surface area contributed by atoms with Gasteiger partial charge in [0.2, 0.25) is 10.0 Å². The van der Waals surface area contributed by atoms with Gasteiger partial charge in [-0.15, -0.1) is 11.3 Å². The maximum atomic E-state index is 12.4. The van der Waals surface area contributed by atoms with Gasteiger partial charge in [0.1, 0.15) is 0 Å². The number of sulfonamides is 1. The number of carbonyl (C=O) groups is 1. The Hall–Kier alpha value is -1.70. The number of hydrogen-bond donors (Lipinski definition) is 1. The Labute approximate surface area is 140 Å². The number of rotatable bonds is 5. The van der Waals surface area contributed by atoms with Crippen molar-refractivity contribution in [2.45, 2.75) is 13.0 Å². The first-order valence-electron chi connectivity index (χ1n) is 7.42. The Morgan fingerprint density at radius 1 is 1.17 bits per heavy atom. The molecule has 1 aliphatic heterocycles. The fourth-order valence-electron chi connectivity index (χ4n) is 2.62. The minimum Gasteiger partial charge on any atom is -0.350 e. The largest absolute Gasteiger partial charge is 0.350 e. The summed E-state index contributed by atoms with van der Waals surface area (Å²) in [5, 5.41) is 4.48. The molecule has 0 radical (unpaired) electrons. The van der Waals surface area contributed by atoms with Gasteiger partial charge >= 0.3 is 0 Å². The molecular weight excluding hydrogens is 332 g/mol. The highest BCUT2D eigenvalue weighted by Gasteiger charge is 2.26. The van der Waals surface area contributed by atoms with Gasteiger partial charge in [0, 0.05) is 19.6 Å². The summed E-state index contributed by atoms with van der Waals surface area (Å²) in [5.74, 6) is -0.300. The van der Waals surface area contributed by atoms with E-state index in [9.17, 15) is 13.2 Å². The van der Waals surface area contributed by atoms with Gasteiger partial charge in [-0.2, -0.15) is 4.31 Å². The van der Waals surface area contributed by atoms with Gasteiger partial charge in [0.05, 0.1) is 10.6 Å². The lowest BCUT2D eigenvalue weighted by molar-refractivity contribution is 0.0960. The van der Waals surface area contributed by atoms with Crippen LogP contribution in [0.25, 0.3) is 0 Å². The van der Waals surface area contributed by atoms with Crippen LogP contribution >= 0.6 is 11.3 Å². The average Bonchev–Trinajstić information content (AvgIpc) is 3.08. The molecule has 0 aliphatic carbocycles. The SMILES string of the molecule is O=C(NCCS(=O)(=O)N1CCc2ccccc2C1)c1cccs1. The number of nitrogens with zero attached hydrogens (tertiary/aromatic N) is 1. The number of thiophene rings is 1. The molecule has 1 aromatic carbocycles. The number of benzene rings is 1. The molecule has 23 heavy (non-hydrogen) atoms. The molecule has 1 N–H and O–H groups in total. The van der Waals surface area contributed by atoms with Gasteiger partial charge < -0.3 is 5.32 Å². The first-order chi connectivity index (χ1) is 11.1. The lowest BCUT2D eigenvalue weighted by Gasteiger charge is -2.28. The molecule has 5 nitrogen and oxygen atoms in total. The lowest BCUT2D eigenvalue weighted by atomic mass is 10.0. The van der Waals surface area contributed by atoms with Crippen LogP contribution in [0.5, 0.6) is 0 Å². The van der Waals surface area contributed by atoms with E-state index < -0.39 is 10.0 Å². The van der Waals surface area contributed by atoms with Crippen molar-refractivity contribution in [2.24, 2.45) is 0 Å². The molecule has 2 heterocycles. The van der Waals surface area contributed by atoms with Crippen LogP contribution in [0.2, 0.25) is 0 Å². The first-order valence-corrected chi connectivity index (χ1v) is 9.91. The molecule has 122 valence electrons. The van der Waals surface area contributed by atoms with Crippen molar-refractivity contribution in [1.29, 1.82) is 0 Å². The molecule has 1 aromatic heterocycles. The van der Waals surface area contributed by atoms with E-state index >= 15 is 0 Å². The number of fused-ring (bicyclic) bond motifs is 1. The molecule has 1 amide bonds. The van der Waals surface area contributed by atoms with E-state index in [1.165, 1.54) is 21.2 Å². The van der Waals surface area contributed by atoms with E-state index in [2.05, 4.69) is 5.32 Å². The number of nitrogens with one attached hydrogen (secondary N) is 1. The highest BCUT2D eigenvalue weighted by Crippen LogP contribution is 2.20. The molecule has 1 aliphatic rings. The molecule has 0 spiro atoms. The van der Waals surface area contributed by atoms with E-state index in [-0.39, 0.29) is 18.2 Å². The summed E-state index contributed by atoms with van der Waals surface area (Å²) in [6.07, 6.45) is 0.733. The van der Waals surface area contributed by atoms with Crippen LogP contribution in [-0.2, 0) is 23.0 Å². The predicted octanol–water partition coefficient (Wildman–Crippen LogP) is 1.87. The van der Waals surface area contributed by atoms with Crippen molar-refractivity contribution in [1.82, 2.24) is 9.62 Å². The van der Waals surface area contributed by atoms with E-state index in [0.29, 0.717) is 18.0 Å². The third-order valence-electron chi connectivity index (χ3n) is 3.88. The Morgan fingerprint density at radius 3 is 2.70 bits per heavy atom. The van der Waals surface area contributed by atoms with Crippen molar-refractivity contribution < 1.29 is 13.2 Å². The predicted molar refractivity (Wildman–Crippen MR) is 91.0 cm³/mol. The van der Waals surface area contributed by atoms with Gasteiger partial charge in [-0.05, 0) is 29.0 Å². The first kappa shape index (κ1) is 16.2. The monoisotopic (exact) mass is 350 g/mol. The van der Waals surface area contributed by atoms with Crippen LogP contribution in [0.15, 0.2) is 41.8 Å². The van der Waals surface area contributed by atoms with Gasteiger partial charge in [0.25, 0.3) is 5.91 Å². The standard InChI is InChI=1S/C16H18N2O3S2/c19-16(15-6-3-10-22-15)17-8-11-23(20,21)18-9-7-13-4-1-2-5-14(13)12-18/h1-6,10H,7-9,11-12H2,(H,17,19). The summed E-state index contributed by atoms with van der Waals surface area (Å²) in [6, 6.07) is 11.4. The van der Waals surface area contributed by atoms with Crippen LogP contribution < -0.4 is 5.32 Å². The lowest BCUT2D eigenvalue weighted by Crippen LogP contribution is -2.40. The van der Waals surface area contributed by atoms with Gasteiger partial charge in [-0.25, -0.2) is 8.42 Å². The van der Waals surface area contributed by atoms with Crippen molar-refractivity contribution >= 4 is 27.3 Å². The van der Waals surface area contributed by atoms with E-state index in [1.807, 2.05) is 29.6 Å². The molecule has 7 heteroatoms. The molecule has 0 saturated heterocycles. The quantitative estimate of drug-likeness (QED) is 0.895. The zero-order valence-electron chi connectivity index (χ0n) is 12.6. The molecule has 0 saturated carbocycles. The molecule has 0 atom stereocenters. The van der Waals surface area contributed by atoms with Gasteiger partial charge in [0.15, 0.2) is 0 Å². The number of carbonyl (C=O) groups excluding carboxylic acids is 1. The van der Waals surface area contributed by atoms with E-state index in [0.717, 1.165) is 12.0 Å². The Morgan fingerprint density at radius 2 is 1.96 bits per heavy atom. The molecule has 0 fully saturated rings. The maximum absolute atomic E-state index is 12.4. The van der Waals surface area contributed by atoms with Crippen LogP contribution in [0, 0.1) is 0 Å². The molecule has 0 unspecified atom stereocenters. The fraction of sp³-hybridized carbons (Fsp3) is 0.312. The van der Waals surface area contributed by atoms with Crippen LogP contribution in [0.3, 0.4) is 0 Å². The summed E-state index contributed by atoms with van der Waals surface area (Å²) >= 11 is 1.34. The van der Waals surface area contributed by atoms with Crippen molar-refractivity contribution in [3.63, 3.8) is 0 Å². The smallest absolute Gasteiger partial charge is 0.261 e. The van der Waals surface area contributed by atoms with Crippen molar-refractivity contribution in [3.05, 3.63) is 57.8 Å². The van der Waals surface area contributed by atoms with Crippen molar-refractivity contribution in [2.75, 3.05) is 18.8 Å². The molecule has 3 rings (SSSR count). The molecule has 0 bridgehead atoms. The summed E-state index contributed by atoms with van der Waals surface area (Å²) in [7, 11) is -3.37. The Balaban J connectivity index is 1.57. The summed E-state index contributed by atoms with van der Waals surface area (Å²) < 4.78 is 26.4. The minimum absolute atomic E-state index is 0.0771. The topological polar surface area (TPSA) is 66.5 Å². The minimum atomic E-state index is -3.37. The van der Waals surface area contributed by atoms with Crippen molar-refractivity contribution in [3.8, 4) is 0 Å². The zero-order valence-corrected chi connectivity index (χ0v) is 14.2. The number of hydrogen-bond acceptors (Lipinski definition) is 4. The van der Waals surface area contributed by atoms with Gasteiger partial charge in [-0.3, -0.25) is 4.79 Å². The third-order valence-corrected chi connectivity index (χ3v) is 6.57. The second-order valence-corrected chi connectivity index (χ2v) is 8.44. The highest BCUT2D eigenvalue weighted by molar-refractivity contribution is 7.89. The average molecular weight is 350 g/mol. The summed E-state index contributed by atoms with van der Waals surface area (Å²) in [6.45, 7) is 1.03. The van der Waals surface area contributed by atoms with Gasteiger partial charge in [-0.1, -0.05) is 30.3 Å². The second kappa shape index (κ2) is 6.82. The summed E-state index contributed by atoms with van der Waals surface area (Å²) in [4.78, 5) is 12.4. The summed E-state index contributed by atoms with van der Waals surface area (Å²) in [5.41, 5.74) is 2.27. The maximum Gasteiger partial charge on any atom is 0.261 e. The Bertz CT molecular complexity index is 785. The van der Waals surface area contributed by atoms with Crippen LogP contribution in [0.4, 0.5) is 0 Å². The molecular formula is C16H18N2O3S2. The fourth-order valence-corrected chi connectivity index (χ4v) is 4.59. The molecule has 2 aromatic rings. The highest BCUT2D eigenvalue weighted by atomic mass is 32.2. The normalized spacial score (nSPS) is 15.1. The van der Waals surface area contributed by atoms with Crippen LogP contribution in [0.1, 0.15) is 20.8 Å².